The fourth-order valence-electron chi connectivity index (χ4n) is 1.58. The summed E-state index contributed by atoms with van der Waals surface area (Å²) in [5.41, 5.74) is 6.27. The summed E-state index contributed by atoms with van der Waals surface area (Å²) in [6.07, 6.45) is 3.76. The van der Waals surface area contributed by atoms with E-state index in [4.69, 9.17) is 10.5 Å². The smallest absolute Gasteiger partial charge is 0.253 e. The van der Waals surface area contributed by atoms with Crippen molar-refractivity contribution >= 4 is 5.69 Å². The zero-order chi connectivity index (χ0) is 12.8. The molecular weight excluding hydrogens is 230 g/mol. The van der Waals surface area contributed by atoms with Crippen LogP contribution in [0.4, 0.5) is 5.69 Å². The molecule has 0 saturated heterocycles. The van der Waals surface area contributed by atoms with Crippen molar-refractivity contribution in [2.45, 2.75) is 13.0 Å². The van der Waals surface area contributed by atoms with Crippen molar-refractivity contribution < 1.29 is 4.74 Å². The number of hydrogen-bond acceptors (Lipinski definition) is 4. The summed E-state index contributed by atoms with van der Waals surface area (Å²) in [5.74, 6) is 0.744. The molecule has 0 saturated carbocycles. The third-order valence-electron chi connectivity index (χ3n) is 2.46. The maximum absolute atomic E-state index is 11.4. The van der Waals surface area contributed by atoms with Crippen LogP contribution in [0.5, 0.6) is 5.75 Å². The van der Waals surface area contributed by atoms with Crippen LogP contribution in [0.1, 0.15) is 6.42 Å². The number of anilines is 1. The first kappa shape index (κ1) is 12.2. The number of rotatable bonds is 5. The Balaban J connectivity index is 1.80. The lowest BCUT2D eigenvalue weighted by atomic mass is 10.3. The molecule has 0 spiro atoms. The summed E-state index contributed by atoms with van der Waals surface area (Å²) >= 11 is 0. The van der Waals surface area contributed by atoms with Crippen molar-refractivity contribution in [3.05, 3.63) is 53.2 Å². The topological polar surface area (TPSA) is 70.1 Å². The van der Waals surface area contributed by atoms with Crippen molar-refractivity contribution in [1.29, 1.82) is 0 Å². The first-order chi connectivity index (χ1) is 8.75. The Morgan fingerprint density at radius 1 is 1.33 bits per heavy atom. The first-order valence-corrected chi connectivity index (χ1v) is 5.74. The minimum atomic E-state index is -0.0473. The van der Waals surface area contributed by atoms with E-state index in [9.17, 15) is 4.79 Å². The maximum Gasteiger partial charge on any atom is 0.253 e. The van der Waals surface area contributed by atoms with Crippen LogP contribution in [0.2, 0.25) is 0 Å². The lowest BCUT2D eigenvalue weighted by Gasteiger charge is -2.07. The molecule has 0 aliphatic carbocycles. The van der Waals surface area contributed by atoms with E-state index in [1.807, 2.05) is 18.2 Å². The molecule has 1 heterocycles. The molecule has 1 aromatic carbocycles. The van der Waals surface area contributed by atoms with Gasteiger partial charge in [-0.2, -0.15) is 0 Å². The van der Waals surface area contributed by atoms with Crippen molar-refractivity contribution in [3.63, 3.8) is 0 Å². The number of hydrogen-bond donors (Lipinski definition) is 1. The monoisotopic (exact) mass is 245 g/mol. The molecule has 1 aromatic heterocycles. The summed E-state index contributed by atoms with van der Waals surface area (Å²) in [4.78, 5) is 15.3. The highest BCUT2D eigenvalue weighted by atomic mass is 16.5. The van der Waals surface area contributed by atoms with Gasteiger partial charge in [0.1, 0.15) is 5.75 Å². The van der Waals surface area contributed by atoms with Gasteiger partial charge in [0, 0.05) is 30.6 Å². The van der Waals surface area contributed by atoms with Gasteiger partial charge in [-0.05, 0) is 18.6 Å². The summed E-state index contributed by atoms with van der Waals surface area (Å²) in [6.45, 7) is 1.12. The lowest BCUT2D eigenvalue weighted by Crippen LogP contribution is -2.19. The Kier molecular flexibility index (Phi) is 3.96. The van der Waals surface area contributed by atoms with E-state index in [2.05, 4.69) is 4.98 Å². The van der Waals surface area contributed by atoms with Crippen LogP contribution in [-0.2, 0) is 6.54 Å². The molecule has 0 atom stereocenters. The van der Waals surface area contributed by atoms with Gasteiger partial charge < -0.3 is 10.5 Å². The van der Waals surface area contributed by atoms with Gasteiger partial charge in [-0.1, -0.05) is 6.07 Å². The minimum absolute atomic E-state index is 0.0473. The molecule has 0 aliphatic heterocycles. The summed E-state index contributed by atoms with van der Waals surface area (Å²) in [6, 6.07) is 8.72. The molecule has 2 aromatic rings. The Labute approximate surface area is 105 Å². The molecule has 18 heavy (non-hydrogen) atoms. The number of nitrogens with two attached hydrogens (primary N) is 1. The Bertz CT molecular complexity index is 566. The van der Waals surface area contributed by atoms with Gasteiger partial charge in [-0.3, -0.25) is 9.36 Å². The molecule has 0 aliphatic rings. The predicted molar refractivity (Wildman–Crippen MR) is 69.5 cm³/mol. The van der Waals surface area contributed by atoms with Gasteiger partial charge in [-0.15, -0.1) is 0 Å². The van der Waals surface area contributed by atoms with Crippen molar-refractivity contribution in [2.75, 3.05) is 12.3 Å². The van der Waals surface area contributed by atoms with Gasteiger partial charge in [-0.25, -0.2) is 4.98 Å². The quantitative estimate of drug-likeness (QED) is 0.636. The van der Waals surface area contributed by atoms with Crippen LogP contribution < -0.4 is 16.0 Å². The molecule has 5 nitrogen and oxygen atoms in total. The molecule has 0 unspecified atom stereocenters. The number of nitrogen functional groups attached to an aromatic ring is 1. The minimum Gasteiger partial charge on any atom is -0.493 e. The zero-order valence-corrected chi connectivity index (χ0v) is 9.95. The molecule has 5 heteroatoms. The highest BCUT2D eigenvalue weighted by Gasteiger charge is 1.97. The average molecular weight is 245 g/mol. The summed E-state index contributed by atoms with van der Waals surface area (Å²) < 4.78 is 7.09. The number of aromatic nitrogens is 2. The number of benzene rings is 1. The summed E-state index contributed by atoms with van der Waals surface area (Å²) in [5, 5.41) is 0. The molecule has 2 rings (SSSR count). The number of aryl methyl sites for hydroxylation is 1. The lowest BCUT2D eigenvalue weighted by molar-refractivity contribution is 0.301. The molecule has 94 valence electrons. The first-order valence-electron chi connectivity index (χ1n) is 5.74. The third-order valence-corrected chi connectivity index (χ3v) is 2.46. The molecule has 0 fully saturated rings. The third kappa shape index (κ3) is 3.35. The van der Waals surface area contributed by atoms with E-state index in [0.29, 0.717) is 18.8 Å². The van der Waals surface area contributed by atoms with Gasteiger partial charge in [0.2, 0.25) is 0 Å². The van der Waals surface area contributed by atoms with E-state index in [0.717, 1.165) is 12.2 Å². The Hall–Kier alpha value is -2.30. The van der Waals surface area contributed by atoms with E-state index in [1.54, 1.807) is 10.6 Å². The van der Waals surface area contributed by atoms with Gasteiger partial charge in [0.25, 0.3) is 5.56 Å². The number of ether oxygens (including phenoxy) is 1. The van der Waals surface area contributed by atoms with Gasteiger partial charge in [0.05, 0.1) is 12.9 Å². The van der Waals surface area contributed by atoms with Gasteiger partial charge in [0.15, 0.2) is 0 Å². The van der Waals surface area contributed by atoms with Gasteiger partial charge >= 0.3 is 0 Å². The van der Waals surface area contributed by atoms with Crippen molar-refractivity contribution in [3.8, 4) is 5.75 Å². The average Bonchev–Trinajstić information content (AvgIpc) is 2.37. The fraction of sp³-hybridized carbons (Fsp3) is 0.231. The van der Waals surface area contributed by atoms with Crippen LogP contribution in [0.25, 0.3) is 0 Å². The van der Waals surface area contributed by atoms with Crippen LogP contribution in [0, 0.1) is 0 Å². The second-order valence-corrected chi connectivity index (χ2v) is 3.89. The van der Waals surface area contributed by atoms with Crippen molar-refractivity contribution in [1.82, 2.24) is 9.55 Å². The van der Waals surface area contributed by atoms with Crippen LogP contribution >= 0.6 is 0 Å². The highest BCUT2D eigenvalue weighted by molar-refractivity contribution is 5.43. The van der Waals surface area contributed by atoms with E-state index < -0.39 is 0 Å². The molecular formula is C13H15N3O2. The SMILES string of the molecule is Nc1cccc(OCCCn2cnccc2=O)c1. The maximum atomic E-state index is 11.4. The Morgan fingerprint density at radius 3 is 3.00 bits per heavy atom. The van der Waals surface area contributed by atoms with Crippen LogP contribution in [0.15, 0.2) is 47.7 Å². The Morgan fingerprint density at radius 2 is 2.22 bits per heavy atom. The van der Waals surface area contributed by atoms with Crippen LogP contribution in [-0.4, -0.2) is 16.2 Å². The molecule has 0 bridgehead atoms. The summed E-state index contributed by atoms with van der Waals surface area (Å²) in [7, 11) is 0. The largest absolute Gasteiger partial charge is 0.493 e. The molecule has 0 radical (unpaired) electrons. The van der Waals surface area contributed by atoms with E-state index >= 15 is 0 Å². The highest BCUT2D eigenvalue weighted by Crippen LogP contribution is 2.14. The fourth-order valence-corrected chi connectivity index (χ4v) is 1.58. The molecule has 2 N–H and O–H groups in total. The standard InChI is InChI=1S/C13H15N3O2/c14-11-3-1-4-12(9-11)18-8-2-7-16-10-15-6-5-13(16)17/h1,3-6,9-10H,2,7-8,14H2. The number of nitrogens with zero attached hydrogens (tertiary/aromatic N) is 2. The second-order valence-electron chi connectivity index (χ2n) is 3.89. The predicted octanol–water partition coefficient (Wildman–Crippen LogP) is 1.29. The van der Waals surface area contributed by atoms with Crippen LogP contribution in [0.3, 0.4) is 0 Å². The zero-order valence-electron chi connectivity index (χ0n) is 9.95. The van der Waals surface area contributed by atoms with E-state index in [1.165, 1.54) is 18.6 Å². The van der Waals surface area contributed by atoms with E-state index in [-0.39, 0.29) is 5.56 Å². The second kappa shape index (κ2) is 5.86. The van der Waals surface area contributed by atoms with Crippen molar-refractivity contribution in [2.24, 2.45) is 0 Å². The normalized spacial score (nSPS) is 10.2. The molecule has 0 amide bonds.